The van der Waals surface area contributed by atoms with Crippen LogP contribution in [0, 0.1) is 0 Å². The zero-order valence-electron chi connectivity index (χ0n) is 11.4. The molecule has 0 aromatic carbocycles. The van der Waals surface area contributed by atoms with E-state index in [2.05, 4.69) is 5.32 Å². The van der Waals surface area contributed by atoms with Crippen LogP contribution >= 0.6 is 0 Å². The molecule has 18 heavy (non-hydrogen) atoms. The number of hydrogen-bond acceptors (Lipinski definition) is 2. The first-order valence-corrected chi connectivity index (χ1v) is 6.96. The second kappa shape index (κ2) is 7.34. The second-order valence-corrected chi connectivity index (χ2v) is 5.31. The Balaban J connectivity index is 2.21. The first kappa shape index (κ1) is 15.8. The van der Waals surface area contributed by atoms with E-state index in [1.165, 1.54) is 12.8 Å². The Morgan fingerprint density at radius 2 is 2.00 bits per heavy atom. The minimum Gasteiger partial charge on any atom is -0.314 e. The number of nitrogens with one attached hydrogen (secondary N) is 1. The van der Waals surface area contributed by atoms with Gasteiger partial charge in [-0.1, -0.05) is 6.92 Å². The Hall–Kier alpha value is -0.290. The topological polar surface area (TPSA) is 15.3 Å². The van der Waals surface area contributed by atoms with E-state index >= 15 is 0 Å². The van der Waals surface area contributed by atoms with Gasteiger partial charge in [-0.05, 0) is 52.1 Å². The molecule has 0 heterocycles. The number of halogens is 3. The van der Waals surface area contributed by atoms with Crippen LogP contribution in [-0.2, 0) is 0 Å². The highest BCUT2D eigenvalue weighted by atomic mass is 19.4. The lowest BCUT2D eigenvalue weighted by atomic mass is 10.1. The van der Waals surface area contributed by atoms with E-state index in [0.717, 1.165) is 25.8 Å². The quantitative estimate of drug-likeness (QED) is 0.645. The summed E-state index contributed by atoms with van der Waals surface area (Å²) in [6, 6.07) is 0.690. The molecule has 1 rings (SSSR count). The summed E-state index contributed by atoms with van der Waals surface area (Å²) >= 11 is 0. The molecular formula is C13H25F3N2. The first-order chi connectivity index (χ1) is 8.42. The molecule has 1 fully saturated rings. The molecule has 0 bridgehead atoms. The zero-order chi connectivity index (χ0) is 13.6. The standard InChI is InChI=1S/C13H25F3N2/c1-3-9-18(10-13(14,15)16)11(2)5-4-8-17-12-6-7-12/h11-12,17H,3-10H2,1-2H3. The SMILES string of the molecule is CCCN(CC(F)(F)F)C(C)CCCNC1CC1. The van der Waals surface area contributed by atoms with Gasteiger partial charge in [0.05, 0.1) is 6.54 Å². The number of hydrogen-bond donors (Lipinski definition) is 1. The second-order valence-electron chi connectivity index (χ2n) is 5.31. The fourth-order valence-electron chi connectivity index (χ4n) is 2.15. The van der Waals surface area contributed by atoms with E-state index in [1.54, 1.807) is 4.90 Å². The monoisotopic (exact) mass is 266 g/mol. The largest absolute Gasteiger partial charge is 0.401 e. The molecule has 0 aliphatic heterocycles. The van der Waals surface area contributed by atoms with Crippen molar-refractivity contribution in [1.29, 1.82) is 0 Å². The number of alkyl halides is 3. The van der Waals surface area contributed by atoms with E-state index in [4.69, 9.17) is 0 Å². The number of rotatable bonds is 9. The Kier molecular flexibility index (Phi) is 6.43. The van der Waals surface area contributed by atoms with Gasteiger partial charge in [0.1, 0.15) is 0 Å². The van der Waals surface area contributed by atoms with Crippen LogP contribution in [0.25, 0.3) is 0 Å². The van der Waals surface area contributed by atoms with Crippen LogP contribution in [0.2, 0.25) is 0 Å². The third-order valence-corrected chi connectivity index (χ3v) is 3.33. The van der Waals surface area contributed by atoms with E-state index < -0.39 is 12.7 Å². The van der Waals surface area contributed by atoms with Crippen molar-refractivity contribution in [3.8, 4) is 0 Å². The third kappa shape index (κ3) is 7.21. The molecule has 5 heteroatoms. The van der Waals surface area contributed by atoms with Crippen LogP contribution in [0.15, 0.2) is 0 Å². The average Bonchev–Trinajstić information content (AvgIpc) is 3.05. The smallest absolute Gasteiger partial charge is 0.314 e. The Morgan fingerprint density at radius 1 is 1.33 bits per heavy atom. The van der Waals surface area contributed by atoms with Crippen molar-refractivity contribution in [2.45, 2.75) is 64.2 Å². The summed E-state index contributed by atoms with van der Waals surface area (Å²) in [7, 11) is 0. The van der Waals surface area contributed by atoms with Crippen LogP contribution in [-0.4, -0.2) is 42.8 Å². The van der Waals surface area contributed by atoms with E-state index in [0.29, 0.717) is 12.6 Å². The summed E-state index contributed by atoms with van der Waals surface area (Å²) in [5.74, 6) is 0. The van der Waals surface area contributed by atoms with Crippen LogP contribution in [0.3, 0.4) is 0 Å². The van der Waals surface area contributed by atoms with Gasteiger partial charge >= 0.3 is 6.18 Å². The van der Waals surface area contributed by atoms with Crippen molar-refractivity contribution in [3.05, 3.63) is 0 Å². The lowest BCUT2D eigenvalue weighted by molar-refractivity contribution is -0.150. The third-order valence-electron chi connectivity index (χ3n) is 3.33. The van der Waals surface area contributed by atoms with Gasteiger partial charge in [0.15, 0.2) is 0 Å². The maximum atomic E-state index is 12.4. The fourth-order valence-corrected chi connectivity index (χ4v) is 2.15. The molecule has 1 N–H and O–H groups in total. The normalized spacial score (nSPS) is 18.3. The lowest BCUT2D eigenvalue weighted by Crippen LogP contribution is -2.41. The van der Waals surface area contributed by atoms with Crippen LogP contribution in [0.5, 0.6) is 0 Å². The van der Waals surface area contributed by atoms with Gasteiger partial charge < -0.3 is 5.32 Å². The van der Waals surface area contributed by atoms with Crippen LogP contribution in [0.4, 0.5) is 13.2 Å². The van der Waals surface area contributed by atoms with Crippen molar-refractivity contribution < 1.29 is 13.2 Å². The molecule has 1 atom stereocenters. The van der Waals surface area contributed by atoms with Crippen LogP contribution < -0.4 is 5.32 Å². The maximum absolute atomic E-state index is 12.4. The molecule has 0 radical (unpaired) electrons. The van der Waals surface area contributed by atoms with Gasteiger partial charge in [-0.15, -0.1) is 0 Å². The van der Waals surface area contributed by atoms with Crippen molar-refractivity contribution in [3.63, 3.8) is 0 Å². The van der Waals surface area contributed by atoms with Crippen molar-refractivity contribution in [2.75, 3.05) is 19.6 Å². The van der Waals surface area contributed by atoms with Crippen molar-refractivity contribution in [1.82, 2.24) is 10.2 Å². The van der Waals surface area contributed by atoms with E-state index in [9.17, 15) is 13.2 Å². The van der Waals surface area contributed by atoms with E-state index in [-0.39, 0.29) is 6.04 Å². The van der Waals surface area contributed by atoms with Crippen molar-refractivity contribution in [2.24, 2.45) is 0 Å². The van der Waals surface area contributed by atoms with Gasteiger partial charge in [-0.3, -0.25) is 4.90 Å². The predicted molar refractivity (Wildman–Crippen MR) is 67.6 cm³/mol. The zero-order valence-corrected chi connectivity index (χ0v) is 11.4. The summed E-state index contributed by atoms with van der Waals surface area (Å²) in [6.45, 7) is 4.50. The Labute approximate surface area is 108 Å². The van der Waals surface area contributed by atoms with Gasteiger partial charge in [0.2, 0.25) is 0 Å². The number of nitrogens with zero attached hydrogens (tertiary/aromatic N) is 1. The van der Waals surface area contributed by atoms with Gasteiger partial charge in [-0.2, -0.15) is 13.2 Å². The lowest BCUT2D eigenvalue weighted by Gasteiger charge is -2.29. The summed E-state index contributed by atoms with van der Waals surface area (Å²) in [6.07, 6.45) is 0.971. The Bertz CT molecular complexity index is 227. The highest BCUT2D eigenvalue weighted by Crippen LogP contribution is 2.20. The predicted octanol–water partition coefficient (Wildman–Crippen LogP) is 3.18. The Morgan fingerprint density at radius 3 is 2.50 bits per heavy atom. The molecule has 1 aliphatic carbocycles. The van der Waals surface area contributed by atoms with Gasteiger partial charge in [-0.25, -0.2) is 0 Å². The van der Waals surface area contributed by atoms with E-state index in [1.807, 2.05) is 13.8 Å². The minimum absolute atomic E-state index is 0.00702. The molecule has 108 valence electrons. The highest BCUT2D eigenvalue weighted by Gasteiger charge is 2.32. The molecule has 1 aliphatic rings. The molecule has 0 aromatic rings. The summed E-state index contributed by atoms with van der Waals surface area (Å²) < 4.78 is 37.3. The molecular weight excluding hydrogens is 241 g/mol. The molecule has 0 aromatic heterocycles. The fraction of sp³-hybridized carbons (Fsp3) is 1.00. The molecule has 0 spiro atoms. The first-order valence-electron chi connectivity index (χ1n) is 6.96. The minimum atomic E-state index is -4.09. The molecule has 0 saturated heterocycles. The highest BCUT2D eigenvalue weighted by molar-refractivity contribution is 4.80. The molecule has 1 saturated carbocycles. The maximum Gasteiger partial charge on any atom is 0.401 e. The molecule has 2 nitrogen and oxygen atoms in total. The summed E-state index contributed by atoms with van der Waals surface area (Å²) in [5, 5.41) is 3.39. The van der Waals surface area contributed by atoms with Gasteiger partial charge in [0.25, 0.3) is 0 Å². The van der Waals surface area contributed by atoms with Crippen molar-refractivity contribution >= 4 is 0 Å². The molecule has 0 amide bonds. The average molecular weight is 266 g/mol. The summed E-state index contributed by atoms with van der Waals surface area (Å²) in [4.78, 5) is 1.55. The molecule has 1 unspecified atom stereocenters. The van der Waals surface area contributed by atoms with Gasteiger partial charge in [0, 0.05) is 12.1 Å². The summed E-state index contributed by atoms with van der Waals surface area (Å²) in [5.41, 5.74) is 0. The van der Waals surface area contributed by atoms with Crippen LogP contribution in [0.1, 0.15) is 46.0 Å².